The fourth-order valence-corrected chi connectivity index (χ4v) is 3.18. The predicted octanol–water partition coefficient (Wildman–Crippen LogP) is 0.858. The highest BCUT2D eigenvalue weighted by Crippen LogP contribution is 2.33. The normalized spacial score (nSPS) is 21.2. The van der Waals surface area contributed by atoms with Crippen molar-refractivity contribution in [2.75, 3.05) is 32.9 Å². The van der Waals surface area contributed by atoms with E-state index in [4.69, 9.17) is 11.6 Å². The molecule has 9 heteroatoms. The zero-order valence-corrected chi connectivity index (χ0v) is 14.9. The smallest absolute Gasteiger partial charge is 0.308 e. The first-order valence-corrected chi connectivity index (χ1v) is 9.49. The average molecular weight is 375 g/mol. The Morgan fingerprint density at radius 2 is 1.88 bits per heavy atom. The van der Waals surface area contributed by atoms with E-state index in [0.29, 0.717) is 5.02 Å². The molecule has 1 heterocycles. The van der Waals surface area contributed by atoms with Gasteiger partial charge in [0.15, 0.2) is 0 Å². The van der Waals surface area contributed by atoms with Gasteiger partial charge in [-0.2, -0.15) is 4.31 Å². The minimum Gasteiger partial charge on any atom is -0.481 e. The van der Waals surface area contributed by atoms with Gasteiger partial charge in [0.1, 0.15) is 0 Å². The van der Waals surface area contributed by atoms with Crippen LogP contribution >= 0.6 is 11.6 Å². The van der Waals surface area contributed by atoms with Crippen molar-refractivity contribution >= 4 is 33.5 Å². The molecule has 24 heavy (non-hydrogen) atoms. The van der Waals surface area contributed by atoms with Crippen LogP contribution in [-0.2, 0) is 19.6 Å². The number of carbonyl (C=O) groups excluding carboxylic acids is 1. The van der Waals surface area contributed by atoms with Gasteiger partial charge in [0.2, 0.25) is 15.9 Å². The summed E-state index contributed by atoms with van der Waals surface area (Å²) in [5.41, 5.74) is 0.790. The Labute approximate surface area is 145 Å². The van der Waals surface area contributed by atoms with Gasteiger partial charge in [-0.25, -0.2) is 8.42 Å². The highest BCUT2D eigenvalue weighted by molar-refractivity contribution is 7.88. The molecule has 0 unspecified atom stereocenters. The quantitative estimate of drug-likeness (QED) is 0.824. The minimum absolute atomic E-state index is 0.0546. The lowest BCUT2D eigenvalue weighted by atomic mass is 9.89. The number of carbonyl (C=O) groups is 2. The third-order valence-corrected chi connectivity index (χ3v) is 5.73. The average Bonchev–Trinajstić information content (AvgIpc) is 2.92. The van der Waals surface area contributed by atoms with E-state index in [0.717, 1.165) is 16.1 Å². The Morgan fingerprint density at radius 3 is 2.38 bits per heavy atom. The zero-order chi connectivity index (χ0) is 18.1. The molecule has 132 valence electrons. The summed E-state index contributed by atoms with van der Waals surface area (Å²) in [4.78, 5) is 25.2. The summed E-state index contributed by atoms with van der Waals surface area (Å²) in [5.74, 6) is -2.49. The van der Waals surface area contributed by atoms with Gasteiger partial charge >= 0.3 is 5.97 Å². The standard InChI is InChI=1S/C15H19ClN2O5S/c1-17(24(2,22)23)9-14(19)18-7-12(13(8-18)15(20)21)10-3-5-11(16)6-4-10/h3-6,12-13H,7-9H2,1-2H3,(H,20,21)/t12-,13+/m0/s1. The molecule has 1 aliphatic rings. The second-order valence-electron chi connectivity index (χ2n) is 5.92. The fraction of sp³-hybridized carbons (Fsp3) is 0.467. The van der Waals surface area contributed by atoms with Crippen molar-refractivity contribution in [1.29, 1.82) is 0 Å². The maximum absolute atomic E-state index is 12.3. The molecule has 2 rings (SSSR count). The number of rotatable bonds is 5. The van der Waals surface area contributed by atoms with E-state index in [1.165, 1.54) is 11.9 Å². The number of carboxylic acid groups (broad SMARTS) is 1. The summed E-state index contributed by atoms with van der Waals surface area (Å²) in [6.07, 6.45) is 1.01. The van der Waals surface area contributed by atoms with E-state index in [1.54, 1.807) is 24.3 Å². The van der Waals surface area contributed by atoms with Crippen LogP contribution in [0, 0.1) is 5.92 Å². The highest BCUT2D eigenvalue weighted by atomic mass is 35.5. The lowest BCUT2D eigenvalue weighted by Crippen LogP contribution is -2.40. The van der Waals surface area contributed by atoms with Crippen molar-refractivity contribution < 1.29 is 23.1 Å². The minimum atomic E-state index is -3.47. The van der Waals surface area contributed by atoms with Gasteiger partial charge in [-0.1, -0.05) is 23.7 Å². The van der Waals surface area contributed by atoms with Crippen LogP contribution in [-0.4, -0.2) is 67.5 Å². The molecule has 1 amide bonds. The summed E-state index contributed by atoms with van der Waals surface area (Å²) < 4.78 is 23.8. The molecular weight excluding hydrogens is 356 g/mol. The predicted molar refractivity (Wildman–Crippen MR) is 89.4 cm³/mol. The fourth-order valence-electron chi connectivity index (χ4n) is 2.71. The highest BCUT2D eigenvalue weighted by Gasteiger charge is 2.40. The van der Waals surface area contributed by atoms with Crippen molar-refractivity contribution in [3.8, 4) is 0 Å². The second-order valence-corrected chi connectivity index (χ2v) is 8.45. The lowest BCUT2D eigenvalue weighted by Gasteiger charge is -2.20. The number of aliphatic carboxylic acids is 1. The Hall–Kier alpha value is -1.64. The molecule has 1 aromatic rings. The number of benzene rings is 1. The van der Waals surface area contributed by atoms with E-state index in [9.17, 15) is 23.1 Å². The van der Waals surface area contributed by atoms with Gasteiger partial charge < -0.3 is 10.0 Å². The van der Waals surface area contributed by atoms with Gasteiger partial charge in [0, 0.05) is 31.1 Å². The molecule has 0 saturated carbocycles. The number of nitrogens with zero attached hydrogens (tertiary/aromatic N) is 2. The number of amides is 1. The maximum Gasteiger partial charge on any atom is 0.308 e. The first-order chi connectivity index (χ1) is 11.1. The Bertz CT molecular complexity index is 735. The third-order valence-electron chi connectivity index (χ3n) is 4.21. The van der Waals surface area contributed by atoms with Gasteiger partial charge in [-0.15, -0.1) is 0 Å². The zero-order valence-electron chi connectivity index (χ0n) is 13.3. The molecule has 0 spiro atoms. The van der Waals surface area contributed by atoms with Gasteiger partial charge in [0.25, 0.3) is 0 Å². The third kappa shape index (κ3) is 4.25. The molecule has 1 N–H and O–H groups in total. The number of likely N-dealkylation sites (N-methyl/N-ethyl adjacent to an activating group) is 1. The monoisotopic (exact) mass is 374 g/mol. The van der Waals surface area contributed by atoms with Crippen LogP contribution in [0.2, 0.25) is 5.02 Å². The molecule has 0 aliphatic carbocycles. The first kappa shape index (κ1) is 18.7. The summed E-state index contributed by atoms with van der Waals surface area (Å²) in [5, 5.41) is 9.99. The largest absolute Gasteiger partial charge is 0.481 e. The molecular formula is C15H19ClN2O5S. The van der Waals surface area contributed by atoms with Crippen LogP contribution in [0.1, 0.15) is 11.5 Å². The van der Waals surface area contributed by atoms with Crippen LogP contribution < -0.4 is 0 Å². The van der Waals surface area contributed by atoms with Crippen molar-refractivity contribution in [3.63, 3.8) is 0 Å². The maximum atomic E-state index is 12.3. The SMILES string of the molecule is CN(CC(=O)N1C[C@@H](C(=O)O)[C@H](c2ccc(Cl)cc2)C1)S(C)(=O)=O. The number of carboxylic acids is 1. The van der Waals surface area contributed by atoms with E-state index < -0.39 is 27.8 Å². The van der Waals surface area contributed by atoms with Gasteiger partial charge in [0.05, 0.1) is 18.7 Å². The molecule has 0 aromatic heterocycles. The first-order valence-electron chi connectivity index (χ1n) is 7.27. The van der Waals surface area contributed by atoms with Gasteiger partial charge in [-0.3, -0.25) is 9.59 Å². The van der Waals surface area contributed by atoms with E-state index >= 15 is 0 Å². The van der Waals surface area contributed by atoms with Crippen molar-refractivity contribution in [3.05, 3.63) is 34.9 Å². The van der Waals surface area contributed by atoms with Crippen molar-refractivity contribution in [2.45, 2.75) is 5.92 Å². The van der Waals surface area contributed by atoms with Crippen LogP contribution in [0.5, 0.6) is 0 Å². The molecule has 0 radical (unpaired) electrons. The number of sulfonamides is 1. The summed E-state index contributed by atoms with van der Waals surface area (Å²) in [7, 11) is -2.16. The Balaban J connectivity index is 2.16. The molecule has 1 fully saturated rings. The molecule has 7 nitrogen and oxygen atoms in total. The molecule has 1 aromatic carbocycles. The summed E-state index contributed by atoms with van der Waals surface area (Å²) in [6, 6.07) is 6.86. The second kappa shape index (κ2) is 7.08. The van der Waals surface area contributed by atoms with Crippen LogP contribution in [0.4, 0.5) is 0 Å². The van der Waals surface area contributed by atoms with E-state index in [-0.39, 0.29) is 25.6 Å². The Kier molecular flexibility index (Phi) is 5.52. The Morgan fingerprint density at radius 1 is 1.29 bits per heavy atom. The van der Waals surface area contributed by atoms with Crippen molar-refractivity contribution in [1.82, 2.24) is 9.21 Å². The topological polar surface area (TPSA) is 95.0 Å². The van der Waals surface area contributed by atoms with Crippen LogP contribution in [0.3, 0.4) is 0 Å². The van der Waals surface area contributed by atoms with Crippen molar-refractivity contribution in [2.24, 2.45) is 5.92 Å². The van der Waals surface area contributed by atoms with E-state index in [1.807, 2.05) is 0 Å². The summed E-state index contributed by atoms with van der Waals surface area (Å²) in [6.45, 7) is -0.0212. The van der Waals surface area contributed by atoms with Gasteiger partial charge in [-0.05, 0) is 17.7 Å². The molecule has 1 saturated heterocycles. The van der Waals surface area contributed by atoms with Crippen LogP contribution in [0.15, 0.2) is 24.3 Å². The molecule has 0 bridgehead atoms. The molecule has 2 atom stereocenters. The molecule has 1 aliphatic heterocycles. The number of hydrogen-bond donors (Lipinski definition) is 1. The summed E-state index contributed by atoms with van der Waals surface area (Å²) >= 11 is 5.85. The van der Waals surface area contributed by atoms with Crippen LogP contribution in [0.25, 0.3) is 0 Å². The van der Waals surface area contributed by atoms with E-state index in [2.05, 4.69) is 0 Å². The lowest BCUT2D eigenvalue weighted by molar-refractivity contribution is -0.141. The number of halogens is 1. The number of likely N-dealkylation sites (tertiary alicyclic amines) is 1. The number of hydrogen-bond acceptors (Lipinski definition) is 4.